The van der Waals surface area contributed by atoms with E-state index in [4.69, 9.17) is 16.3 Å². The number of carbonyl (C=O) groups is 1. The summed E-state index contributed by atoms with van der Waals surface area (Å²) in [7, 11) is -1.72. The normalized spacial score (nSPS) is 19.4. The summed E-state index contributed by atoms with van der Waals surface area (Å²) in [6.45, 7) is 3.83. The lowest BCUT2D eigenvalue weighted by Gasteiger charge is -2.32. The number of nitriles is 1. The second-order valence-electron chi connectivity index (χ2n) is 7.07. The Hall–Kier alpha value is -2.16. The van der Waals surface area contributed by atoms with E-state index in [1.807, 2.05) is 13.1 Å². The van der Waals surface area contributed by atoms with Crippen LogP contribution in [-0.2, 0) is 19.6 Å². The van der Waals surface area contributed by atoms with Crippen molar-refractivity contribution in [2.24, 2.45) is 0 Å². The molecule has 0 atom stereocenters. The Morgan fingerprint density at radius 3 is 2.50 bits per heavy atom. The molecule has 0 unspecified atom stereocenters. The van der Waals surface area contributed by atoms with E-state index in [9.17, 15) is 18.5 Å². The van der Waals surface area contributed by atoms with E-state index in [0.29, 0.717) is 32.0 Å². The summed E-state index contributed by atoms with van der Waals surface area (Å²) in [6.07, 6.45) is 1.27. The van der Waals surface area contributed by atoms with Gasteiger partial charge in [-0.1, -0.05) is 11.6 Å². The second kappa shape index (κ2) is 9.76. The molecule has 11 heteroatoms. The summed E-state index contributed by atoms with van der Waals surface area (Å²) in [6, 6.07) is 6.21. The van der Waals surface area contributed by atoms with E-state index >= 15 is 0 Å². The molecule has 0 saturated carbocycles. The van der Waals surface area contributed by atoms with Gasteiger partial charge in [-0.3, -0.25) is 4.79 Å². The maximum absolute atomic E-state index is 12.9. The number of nitrogens with one attached hydrogen (secondary N) is 1. The van der Waals surface area contributed by atoms with Crippen LogP contribution in [0.15, 0.2) is 34.9 Å². The molecular weight excluding hydrogens is 430 g/mol. The zero-order chi connectivity index (χ0) is 21.7. The molecule has 1 N–H and O–H groups in total. The Bertz CT molecular complexity index is 962. The number of benzene rings is 1. The predicted molar refractivity (Wildman–Crippen MR) is 112 cm³/mol. The number of nitrogens with zero attached hydrogens (tertiary/aromatic N) is 4. The van der Waals surface area contributed by atoms with Crippen LogP contribution in [0.25, 0.3) is 0 Å². The minimum absolute atomic E-state index is 0.0722. The van der Waals surface area contributed by atoms with Gasteiger partial charge in [0.05, 0.1) is 28.8 Å². The molecule has 0 radical (unpaired) electrons. The number of anilines is 1. The number of morpholine rings is 1. The lowest BCUT2D eigenvalue weighted by molar-refractivity contribution is -0.128. The maximum Gasteiger partial charge on any atom is 0.266 e. The van der Waals surface area contributed by atoms with Crippen LogP contribution in [0.4, 0.5) is 5.69 Å². The summed E-state index contributed by atoms with van der Waals surface area (Å²) in [5.41, 5.74) is 0.224. The Morgan fingerprint density at radius 2 is 1.87 bits per heavy atom. The number of amides is 1. The van der Waals surface area contributed by atoms with Crippen molar-refractivity contribution in [1.82, 2.24) is 14.1 Å². The highest BCUT2D eigenvalue weighted by molar-refractivity contribution is 7.89. The molecule has 2 fully saturated rings. The zero-order valence-corrected chi connectivity index (χ0v) is 18.2. The van der Waals surface area contributed by atoms with E-state index in [0.717, 1.165) is 13.1 Å². The molecule has 162 valence electrons. The minimum Gasteiger partial charge on any atom is -0.379 e. The molecule has 9 nitrogen and oxygen atoms in total. The third-order valence-corrected chi connectivity index (χ3v) is 7.28. The Balaban J connectivity index is 1.77. The largest absolute Gasteiger partial charge is 0.379 e. The number of carbonyl (C=O) groups excluding carboxylic acids is 1. The average Bonchev–Trinajstić information content (AvgIpc) is 2.76. The molecule has 2 aliphatic heterocycles. The van der Waals surface area contributed by atoms with Gasteiger partial charge in [0.2, 0.25) is 10.0 Å². The summed E-state index contributed by atoms with van der Waals surface area (Å²) >= 11 is 6.20. The van der Waals surface area contributed by atoms with Crippen molar-refractivity contribution >= 4 is 33.2 Å². The van der Waals surface area contributed by atoms with Crippen LogP contribution < -0.4 is 5.32 Å². The molecule has 1 aromatic rings. The van der Waals surface area contributed by atoms with Gasteiger partial charge in [0, 0.05) is 45.5 Å². The van der Waals surface area contributed by atoms with E-state index in [2.05, 4.69) is 10.2 Å². The third kappa shape index (κ3) is 5.11. The molecule has 0 aliphatic carbocycles. The van der Waals surface area contributed by atoms with Crippen LogP contribution >= 0.6 is 11.6 Å². The number of likely N-dealkylation sites (N-methyl/N-ethyl adjacent to an activating group) is 1. The highest BCUT2D eigenvalue weighted by atomic mass is 35.5. The Morgan fingerprint density at radius 1 is 1.20 bits per heavy atom. The fourth-order valence-corrected chi connectivity index (χ4v) is 4.79. The molecule has 1 amide bonds. The van der Waals surface area contributed by atoms with Gasteiger partial charge in [0.1, 0.15) is 11.6 Å². The van der Waals surface area contributed by atoms with Gasteiger partial charge in [0.25, 0.3) is 5.91 Å². The van der Waals surface area contributed by atoms with Crippen molar-refractivity contribution in [3.63, 3.8) is 0 Å². The fraction of sp³-hybridized carbons (Fsp3) is 0.474. The highest BCUT2D eigenvalue weighted by Gasteiger charge is 2.27. The van der Waals surface area contributed by atoms with Gasteiger partial charge < -0.3 is 19.9 Å². The van der Waals surface area contributed by atoms with E-state index < -0.39 is 10.0 Å². The first-order chi connectivity index (χ1) is 14.3. The summed E-state index contributed by atoms with van der Waals surface area (Å²) < 4.78 is 32.3. The monoisotopic (exact) mass is 453 g/mol. The number of rotatable bonds is 5. The highest BCUT2D eigenvalue weighted by Crippen LogP contribution is 2.27. The first-order valence-corrected chi connectivity index (χ1v) is 11.4. The van der Waals surface area contributed by atoms with Gasteiger partial charge in [-0.2, -0.15) is 9.57 Å². The first-order valence-electron chi connectivity index (χ1n) is 9.55. The second-order valence-corrected chi connectivity index (χ2v) is 9.41. The number of halogens is 1. The number of hydrogen-bond donors (Lipinski definition) is 1. The summed E-state index contributed by atoms with van der Waals surface area (Å²) in [5, 5.41) is 12.5. The number of ether oxygens (including phenoxy) is 1. The molecule has 0 spiro atoms. The third-order valence-electron chi connectivity index (χ3n) is 5.06. The molecule has 2 aliphatic rings. The lowest BCUT2D eigenvalue weighted by Crippen LogP contribution is -2.47. The molecular formula is C19H24ClN5O4S. The summed E-state index contributed by atoms with van der Waals surface area (Å²) in [4.78, 5) is 16.4. The maximum atomic E-state index is 12.9. The molecule has 2 saturated heterocycles. The molecule has 0 aromatic heterocycles. The van der Waals surface area contributed by atoms with Crippen LogP contribution in [0.3, 0.4) is 0 Å². The van der Waals surface area contributed by atoms with Crippen molar-refractivity contribution in [3.05, 3.63) is 35.0 Å². The molecule has 3 rings (SSSR count). The Kier molecular flexibility index (Phi) is 7.33. The van der Waals surface area contributed by atoms with Gasteiger partial charge in [-0.25, -0.2) is 8.42 Å². The van der Waals surface area contributed by atoms with Crippen molar-refractivity contribution < 1.29 is 17.9 Å². The van der Waals surface area contributed by atoms with E-state index in [-0.39, 0.29) is 34.5 Å². The van der Waals surface area contributed by atoms with E-state index in [1.54, 1.807) is 4.90 Å². The standard InChI is InChI=1S/C19H24ClN5O4S/c1-23-4-6-24(7-5-23)19(26)15(13-21)14-22-18-12-16(2-3-17(18)20)30(27,28)25-8-10-29-11-9-25/h2-3,12,14,22H,4-11H2,1H3/b15-14-. The smallest absolute Gasteiger partial charge is 0.266 e. The van der Waals surface area contributed by atoms with Gasteiger partial charge in [-0.05, 0) is 25.2 Å². The molecule has 1 aromatic carbocycles. The summed E-state index contributed by atoms with van der Waals surface area (Å²) in [5.74, 6) is -0.369. The quantitative estimate of drug-likeness (QED) is 0.522. The fourth-order valence-electron chi connectivity index (χ4n) is 3.18. The van der Waals surface area contributed by atoms with Crippen molar-refractivity contribution in [2.45, 2.75) is 4.90 Å². The molecule has 30 heavy (non-hydrogen) atoms. The minimum atomic E-state index is -3.69. The van der Waals surface area contributed by atoms with Gasteiger partial charge in [-0.15, -0.1) is 0 Å². The van der Waals surface area contributed by atoms with Crippen molar-refractivity contribution in [1.29, 1.82) is 5.26 Å². The van der Waals surface area contributed by atoms with Crippen LogP contribution in [0.2, 0.25) is 5.02 Å². The van der Waals surface area contributed by atoms with Crippen LogP contribution in [0, 0.1) is 11.3 Å². The predicted octanol–water partition coefficient (Wildman–Crippen LogP) is 0.954. The van der Waals surface area contributed by atoms with Crippen molar-refractivity contribution in [2.75, 3.05) is 64.8 Å². The van der Waals surface area contributed by atoms with E-state index in [1.165, 1.54) is 28.7 Å². The lowest BCUT2D eigenvalue weighted by atomic mass is 10.2. The zero-order valence-electron chi connectivity index (χ0n) is 16.7. The topological polar surface area (TPSA) is 106 Å². The molecule has 2 heterocycles. The number of piperazine rings is 1. The van der Waals surface area contributed by atoms with Crippen LogP contribution in [0.5, 0.6) is 0 Å². The van der Waals surface area contributed by atoms with Crippen molar-refractivity contribution in [3.8, 4) is 6.07 Å². The van der Waals surface area contributed by atoms with Gasteiger partial charge >= 0.3 is 0 Å². The first kappa shape index (κ1) is 22.5. The molecule has 0 bridgehead atoms. The average molecular weight is 454 g/mol. The number of hydrogen-bond acceptors (Lipinski definition) is 7. The van der Waals surface area contributed by atoms with Crippen LogP contribution in [0.1, 0.15) is 0 Å². The number of sulfonamides is 1. The Labute approximate surface area is 181 Å². The van der Waals surface area contributed by atoms with Gasteiger partial charge in [0.15, 0.2) is 0 Å². The van der Waals surface area contributed by atoms with Crippen LogP contribution in [-0.4, -0.2) is 88.0 Å². The SMILES string of the molecule is CN1CCN(C(=O)/C(C#N)=C\Nc2cc(S(=O)(=O)N3CCOCC3)ccc2Cl)CC1.